The van der Waals surface area contributed by atoms with Crippen molar-refractivity contribution in [2.75, 3.05) is 64.4 Å². The zero-order valence-corrected chi connectivity index (χ0v) is 26.7. The van der Waals surface area contributed by atoms with Gasteiger partial charge in [0.25, 0.3) is 5.91 Å². The van der Waals surface area contributed by atoms with Crippen LogP contribution in [-0.2, 0) is 23.9 Å². The summed E-state index contributed by atoms with van der Waals surface area (Å²) in [7, 11) is 3.94. The number of carbonyl (C=O) groups is 3. The number of hydrogen-bond donors (Lipinski definition) is 2. The van der Waals surface area contributed by atoms with E-state index in [0.29, 0.717) is 50.7 Å². The smallest absolute Gasteiger partial charge is 0.278 e. The fraction of sp³-hybridized carbons (Fsp3) is 0.625. The lowest BCUT2D eigenvalue weighted by atomic mass is 9.85. The summed E-state index contributed by atoms with van der Waals surface area (Å²) in [5.41, 5.74) is 2.25. The van der Waals surface area contributed by atoms with Crippen LogP contribution in [0, 0.1) is 5.92 Å². The molecule has 0 saturated heterocycles. The van der Waals surface area contributed by atoms with Crippen molar-refractivity contribution in [3.8, 4) is 0 Å². The Morgan fingerprint density at radius 1 is 1.00 bits per heavy atom. The van der Waals surface area contributed by atoms with Gasteiger partial charge in [-0.05, 0) is 69.2 Å². The summed E-state index contributed by atoms with van der Waals surface area (Å²) in [4.78, 5) is 46.1. The van der Waals surface area contributed by atoms with Crippen LogP contribution in [-0.4, -0.2) is 94.0 Å². The number of nitrogens with one attached hydrogen (secondary N) is 2. The summed E-state index contributed by atoms with van der Waals surface area (Å²) < 4.78 is 11.1. The van der Waals surface area contributed by atoms with E-state index in [-0.39, 0.29) is 36.2 Å². The van der Waals surface area contributed by atoms with Crippen LogP contribution >= 0.6 is 11.6 Å². The van der Waals surface area contributed by atoms with Crippen LogP contribution in [0.2, 0.25) is 0 Å². The Labute approximate surface area is 261 Å². The summed E-state index contributed by atoms with van der Waals surface area (Å²) in [6.45, 7) is 4.38. The molecule has 238 valence electrons. The van der Waals surface area contributed by atoms with E-state index in [1.54, 1.807) is 13.0 Å². The Morgan fingerprint density at radius 3 is 2.35 bits per heavy atom. The van der Waals surface area contributed by atoms with Gasteiger partial charge in [-0.15, -0.1) is 11.6 Å². The average Bonchev–Trinajstić information content (AvgIpc) is 3.25. The van der Waals surface area contributed by atoms with E-state index < -0.39 is 0 Å². The second-order valence-corrected chi connectivity index (χ2v) is 11.7. The van der Waals surface area contributed by atoms with Crippen molar-refractivity contribution >= 4 is 46.9 Å². The number of hydrogen-bond acceptors (Lipinski definition) is 7. The highest BCUT2D eigenvalue weighted by Gasteiger charge is 2.31. The van der Waals surface area contributed by atoms with Gasteiger partial charge in [0.1, 0.15) is 18.1 Å². The molecule has 0 radical (unpaired) electrons. The molecule has 2 N–H and O–H groups in total. The van der Waals surface area contributed by atoms with E-state index in [9.17, 15) is 14.4 Å². The Morgan fingerprint density at radius 2 is 1.67 bits per heavy atom. The zero-order valence-electron chi connectivity index (χ0n) is 25.9. The number of nitrogens with zero attached hydrogens (tertiary/aromatic N) is 3. The van der Waals surface area contributed by atoms with Crippen molar-refractivity contribution in [2.24, 2.45) is 10.9 Å². The van der Waals surface area contributed by atoms with Crippen molar-refractivity contribution in [2.45, 2.75) is 64.3 Å². The van der Waals surface area contributed by atoms with E-state index in [1.165, 1.54) is 4.90 Å². The number of benzene rings is 1. The number of amidine groups is 1. The number of ether oxygens (including phenoxy) is 2. The molecule has 1 aliphatic carbocycles. The second kappa shape index (κ2) is 18.7. The number of amides is 3. The number of aliphatic imine (C=N–C) groups is 1. The third-order valence-corrected chi connectivity index (χ3v) is 7.97. The Kier molecular flexibility index (Phi) is 15.0. The topological polar surface area (TPSA) is 113 Å². The highest BCUT2D eigenvalue weighted by Crippen LogP contribution is 2.25. The number of halogens is 1. The molecule has 0 atom stereocenters. The van der Waals surface area contributed by atoms with Crippen LogP contribution in [0.15, 0.2) is 35.0 Å². The molecule has 0 bridgehead atoms. The summed E-state index contributed by atoms with van der Waals surface area (Å²) in [5.74, 6) is 0.686. The van der Waals surface area contributed by atoms with E-state index >= 15 is 0 Å². The summed E-state index contributed by atoms with van der Waals surface area (Å²) >= 11 is 5.67. The SMILES string of the molecule is CC1=N/C(=C\c2ccc(N(C)C)cc2)C(=O)N1CC(=O)N[C@H]1CC[C@H](C(=O)NCCOCCOCCCCCCCl)CC1. The van der Waals surface area contributed by atoms with E-state index in [2.05, 4.69) is 15.6 Å². The van der Waals surface area contributed by atoms with Crippen LogP contribution in [0.4, 0.5) is 5.69 Å². The van der Waals surface area contributed by atoms with E-state index in [0.717, 1.165) is 62.3 Å². The summed E-state index contributed by atoms with van der Waals surface area (Å²) in [5, 5.41) is 6.00. The highest BCUT2D eigenvalue weighted by atomic mass is 35.5. The zero-order chi connectivity index (χ0) is 31.0. The largest absolute Gasteiger partial charge is 0.379 e. The maximum atomic E-state index is 13.0. The molecule has 1 saturated carbocycles. The first kappa shape index (κ1) is 34.5. The van der Waals surface area contributed by atoms with Crippen LogP contribution < -0.4 is 15.5 Å². The molecule has 1 aromatic carbocycles. The van der Waals surface area contributed by atoms with Crippen LogP contribution in [0.3, 0.4) is 0 Å². The number of anilines is 1. The third kappa shape index (κ3) is 11.9. The summed E-state index contributed by atoms with van der Waals surface area (Å²) in [6, 6.07) is 7.82. The fourth-order valence-corrected chi connectivity index (χ4v) is 5.35. The van der Waals surface area contributed by atoms with Crippen molar-refractivity contribution in [3.63, 3.8) is 0 Å². The minimum absolute atomic E-state index is 0.0135. The molecule has 3 amide bonds. The van der Waals surface area contributed by atoms with Crippen molar-refractivity contribution in [1.82, 2.24) is 15.5 Å². The monoisotopic (exact) mass is 617 g/mol. The van der Waals surface area contributed by atoms with Crippen molar-refractivity contribution in [3.05, 3.63) is 35.5 Å². The molecule has 0 aromatic heterocycles. The van der Waals surface area contributed by atoms with Gasteiger partial charge in [0.15, 0.2) is 0 Å². The van der Waals surface area contributed by atoms with Gasteiger partial charge < -0.3 is 25.0 Å². The lowest BCUT2D eigenvalue weighted by molar-refractivity contribution is -0.130. The first-order chi connectivity index (χ1) is 20.8. The van der Waals surface area contributed by atoms with Crippen LogP contribution in [0.5, 0.6) is 0 Å². The quantitative estimate of drug-likeness (QED) is 0.146. The van der Waals surface area contributed by atoms with Crippen LogP contribution in [0.1, 0.15) is 63.9 Å². The van der Waals surface area contributed by atoms with Crippen molar-refractivity contribution < 1.29 is 23.9 Å². The fourth-order valence-electron chi connectivity index (χ4n) is 5.16. The molecule has 10 nitrogen and oxygen atoms in total. The van der Waals surface area contributed by atoms with Gasteiger partial charge in [0.2, 0.25) is 11.8 Å². The molecule has 1 heterocycles. The number of carbonyl (C=O) groups excluding carboxylic acids is 3. The Bertz CT molecular complexity index is 1100. The van der Waals surface area contributed by atoms with E-state index in [4.69, 9.17) is 21.1 Å². The minimum atomic E-state index is -0.282. The lowest BCUT2D eigenvalue weighted by Gasteiger charge is -2.29. The molecular weight excluding hydrogens is 570 g/mol. The Hall–Kier alpha value is -2.95. The number of alkyl halides is 1. The minimum Gasteiger partial charge on any atom is -0.379 e. The molecule has 43 heavy (non-hydrogen) atoms. The van der Waals surface area contributed by atoms with Crippen LogP contribution in [0.25, 0.3) is 6.08 Å². The number of unbranched alkanes of at least 4 members (excludes halogenated alkanes) is 3. The van der Waals surface area contributed by atoms with Gasteiger partial charge in [-0.1, -0.05) is 25.0 Å². The predicted molar refractivity (Wildman–Crippen MR) is 171 cm³/mol. The number of rotatable bonds is 18. The van der Waals surface area contributed by atoms with Gasteiger partial charge in [-0.25, -0.2) is 4.99 Å². The maximum absolute atomic E-state index is 13.0. The standard InChI is InChI=1S/C32H48ClN5O5/c1-24-35-29(22-25-8-14-28(15-9-25)37(2)3)32(41)38(24)23-30(39)36-27-12-10-26(11-13-27)31(40)34-17-19-43-21-20-42-18-7-5-4-6-16-33/h8-9,14-15,22,26-27H,4-7,10-13,16-21,23H2,1-3H3,(H,34,40)(H,36,39)/b29-22-/t26-,27-. The van der Waals surface area contributed by atoms with Gasteiger partial charge in [-0.3, -0.25) is 19.3 Å². The second-order valence-electron chi connectivity index (χ2n) is 11.3. The third-order valence-electron chi connectivity index (χ3n) is 7.70. The molecule has 1 fully saturated rings. The molecule has 0 spiro atoms. The first-order valence-electron chi connectivity index (χ1n) is 15.4. The predicted octanol–water partition coefficient (Wildman–Crippen LogP) is 3.98. The molecule has 2 aliphatic rings. The van der Waals surface area contributed by atoms with Gasteiger partial charge in [0.05, 0.1) is 19.8 Å². The molecule has 1 aromatic rings. The highest BCUT2D eigenvalue weighted by molar-refractivity contribution is 6.17. The van der Waals surface area contributed by atoms with E-state index in [1.807, 2.05) is 43.3 Å². The molecule has 1 aliphatic heterocycles. The van der Waals surface area contributed by atoms with Gasteiger partial charge in [-0.2, -0.15) is 0 Å². The average molecular weight is 618 g/mol. The van der Waals surface area contributed by atoms with Gasteiger partial charge >= 0.3 is 0 Å². The molecular formula is C32H48ClN5O5. The maximum Gasteiger partial charge on any atom is 0.278 e. The Balaban J connectivity index is 1.28. The lowest BCUT2D eigenvalue weighted by Crippen LogP contribution is -2.46. The normalized spacial score (nSPS) is 19.4. The van der Waals surface area contributed by atoms with Crippen molar-refractivity contribution in [1.29, 1.82) is 0 Å². The first-order valence-corrected chi connectivity index (χ1v) is 16.0. The molecule has 3 rings (SSSR count). The molecule has 0 unspecified atom stereocenters. The molecule has 11 heteroatoms. The summed E-state index contributed by atoms with van der Waals surface area (Å²) in [6.07, 6.45) is 8.97. The van der Waals surface area contributed by atoms with Gasteiger partial charge in [0, 0.05) is 50.8 Å².